The highest BCUT2D eigenvalue weighted by atomic mass is 19.1. The fraction of sp³-hybridized carbons (Fsp3) is 0.167. The van der Waals surface area contributed by atoms with Gasteiger partial charge in [0.25, 0.3) is 11.8 Å². The molecule has 6 heteroatoms. The third-order valence-corrected chi connectivity index (χ3v) is 5.30. The molecule has 1 atom stereocenters. The number of hydrogen-bond donors (Lipinski definition) is 1. The van der Waals surface area contributed by atoms with Gasteiger partial charge in [0.05, 0.1) is 11.6 Å². The SMILES string of the molecule is CC(NC(=O)c1ccc(F)cc1)c1ccc2c(c1)CCN2C(=O)c1ccccc1F. The van der Waals surface area contributed by atoms with E-state index < -0.39 is 11.6 Å². The van der Waals surface area contributed by atoms with Gasteiger partial charge in [0.2, 0.25) is 0 Å². The molecule has 3 aromatic rings. The van der Waals surface area contributed by atoms with E-state index in [1.165, 1.54) is 36.4 Å². The molecule has 2 amide bonds. The number of amides is 2. The lowest BCUT2D eigenvalue weighted by atomic mass is 10.0. The predicted octanol–water partition coefficient (Wildman–Crippen LogP) is 4.66. The first-order valence-corrected chi connectivity index (χ1v) is 9.69. The highest BCUT2D eigenvalue weighted by Gasteiger charge is 2.27. The van der Waals surface area contributed by atoms with Crippen LogP contribution < -0.4 is 10.2 Å². The molecule has 0 saturated heterocycles. The van der Waals surface area contributed by atoms with E-state index in [2.05, 4.69) is 5.32 Å². The molecule has 1 aliphatic rings. The van der Waals surface area contributed by atoms with Gasteiger partial charge in [-0.05, 0) is 66.9 Å². The smallest absolute Gasteiger partial charge is 0.261 e. The molecule has 4 rings (SSSR count). The molecule has 4 nitrogen and oxygen atoms in total. The summed E-state index contributed by atoms with van der Waals surface area (Å²) in [5, 5.41) is 2.90. The van der Waals surface area contributed by atoms with Gasteiger partial charge < -0.3 is 10.2 Å². The van der Waals surface area contributed by atoms with Crippen LogP contribution in [0, 0.1) is 11.6 Å². The maximum atomic E-state index is 14.0. The summed E-state index contributed by atoms with van der Waals surface area (Å²) in [4.78, 5) is 26.7. The number of hydrogen-bond acceptors (Lipinski definition) is 2. The largest absolute Gasteiger partial charge is 0.346 e. The third kappa shape index (κ3) is 3.81. The summed E-state index contributed by atoms with van der Waals surface area (Å²) in [5.74, 6) is -1.59. The Morgan fingerprint density at radius 3 is 2.47 bits per heavy atom. The molecule has 1 aliphatic heterocycles. The maximum absolute atomic E-state index is 14.0. The maximum Gasteiger partial charge on any atom is 0.261 e. The first kappa shape index (κ1) is 19.8. The average Bonchev–Trinajstić information content (AvgIpc) is 3.17. The molecule has 0 bridgehead atoms. The molecule has 3 aromatic carbocycles. The second-order valence-electron chi connectivity index (χ2n) is 7.28. The van der Waals surface area contributed by atoms with E-state index in [1.54, 1.807) is 17.0 Å². The molecule has 0 radical (unpaired) electrons. The number of nitrogens with zero attached hydrogens (tertiary/aromatic N) is 1. The number of rotatable bonds is 4. The Kier molecular flexibility index (Phi) is 5.31. The van der Waals surface area contributed by atoms with Crippen molar-refractivity contribution < 1.29 is 18.4 Å². The summed E-state index contributed by atoms with van der Waals surface area (Å²) in [5.41, 5.74) is 3.05. The number of carbonyl (C=O) groups is 2. The number of halogens is 2. The monoisotopic (exact) mass is 406 g/mol. The number of fused-ring (bicyclic) bond motifs is 1. The van der Waals surface area contributed by atoms with Crippen molar-refractivity contribution in [2.75, 3.05) is 11.4 Å². The van der Waals surface area contributed by atoms with Crippen LogP contribution in [-0.4, -0.2) is 18.4 Å². The molecule has 0 aromatic heterocycles. The Morgan fingerprint density at radius 1 is 1.00 bits per heavy atom. The molecular weight excluding hydrogens is 386 g/mol. The second kappa shape index (κ2) is 8.06. The van der Waals surface area contributed by atoms with Crippen molar-refractivity contribution in [1.82, 2.24) is 5.32 Å². The average molecular weight is 406 g/mol. The van der Waals surface area contributed by atoms with Crippen LogP contribution in [0.25, 0.3) is 0 Å². The standard InChI is InChI=1S/C24H20F2N2O2/c1-15(27-23(29)16-6-9-19(25)10-7-16)17-8-11-22-18(14-17)12-13-28(22)24(30)20-4-2-3-5-21(20)26/h2-11,14-15H,12-13H2,1H3,(H,27,29). The fourth-order valence-corrected chi connectivity index (χ4v) is 3.65. The van der Waals surface area contributed by atoms with E-state index in [4.69, 9.17) is 0 Å². The first-order chi connectivity index (χ1) is 14.4. The Labute approximate surface area is 173 Å². The summed E-state index contributed by atoms with van der Waals surface area (Å²) >= 11 is 0. The lowest BCUT2D eigenvalue weighted by molar-refractivity contribution is 0.0938. The Bertz CT molecular complexity index is 1110. The van der Waals surface area contributed by atoms with Crippen LogP contribution >= 0.6 is 0 Å². The van der Waals surface area contributed by atoms with E-state index in [9.17, 15) is 18.4 Å². The van der Waals surface area contributed by atoms with Crippen LogP contribution in [-0.2, 0) is 6.42 Å². The first-order valence-electron chi connectivity index (χ1n) is 9.69. The van der Waals surface area contributed by atoms with Gasteiger partial charge in [0, 0.05) is 17.8 Å². The van der Waals surface area contributed by atoms with Crippen LogP contribution in [0.2, 0.25) is 0 Å². The fourth-order valence-electron chi connectivity index (χ4n) is 3.65. The molecule has 0 fully saturated rings. The Hall–Kier alpha value is -3.54. The zero-order valence-corrected chi connectivity index (χ0v) is 16.4. The van der Waals surface area contributed by atoms with Crippen molar-refractivity contribution in [2.45, 2.75) is 19.4 Å². The van der Waals surface area contributed by atoms with Gasteiger partial charge in [-0.3, -0.25) is 9.59 Å². The lowest BCUT2D eigenvalue weighted by Gasteiger charge is -2.19. The number of anilines is 1. The molecule has 1 heterocycles. The summed E-state index contributed by atoms with van der Waals surface area (Å²) in [7, 11) is 0. The van der Waals surface area contributed by atoms with Gasteiger partial charge in [0.15, 0.2) is 0 Å². The minimum atomic E-state index is -0.537. The van der Waals surface area contributed by atoms with Crippen molar-refractivity contribution in [3.05, 3.63) is 101 Å². The molecule has 152 valence electrons. The van der Waals surface area contributed by atoms with E-state index in [-0.39, 0.29) is 23.4 Å². The van der Waals surface area contributed by atoms with Crippen molar-refractivity contribution in [1.29, 1.82) is 0 Å². The number of benzene rings is 3. The van der Waals surface area contributed by atoms with Crippen LogP contribution in [0.3, 0.4) is 0 Å². The van der Waals surface area contributed by atoms with Gasteiger partial charge in [-0.1, -0.05) is 24.3 Å². The second-order valence-corrected chi connectivity index (χ2v) is 7.28. The van der Waals surface area contributed by atoms with Crippen LogP contribution in [0.1, 0.15) is 44.8 Å². The third-order valence-electron chi connectivity index (χ3n) is 5.30. The molecule has 1 N–H and O–H groups in total. The van der Waals surface area contributed by atoms with Gasteiger partial charge >= 0.3 is 0 Å². The van der Waals surface area contributed by atoms with Gasteiger partial charge in [0.1, 0.15) is 11.6 Å². The summed E-state index contributed by atoms with van der Waals surface area (Å²) in [6, 6.07) is 16.7. The topological polar surface area (TPSA) is 49.4 Å². The highest BCUT2D eigenvalue weighted by Crippen LogP contribution is 2.32. The quantitative estimate of drug-likeness (QED) is 0.685. The predicted molar refractivity (Wildman–Crippen MR) is 111 cm³/mol. The van der Waals surface area contributed by atoms with Crippen molar-refractivity contribution in [3.63, 3.8) is 0 Å². The van der Waals surface area contributed by atoms with Crippen LogP contribution in [0.5, 0.6) is 0 Å². The molecule has 0 aliphatic carbocycles. The minimum absolute atomic E-state index is 0.0503. The van der Waals surface area contributed by atoms with E-state index >= 15 is 0 Å². The van der Waals surface area contributed by atoms with Gasteiger partial charge in [-0.25, -0.2) is 8.78 Å². The molecule has 0 spiro atoms. The summed E-state index contributed by atoms with van der Waals surface area (Å²) in [6.07, 6.45) is 0.655. The Morgan fingerprint density at radius 2 is 1.73 bits per heavy atom. The Balaban J connectivity index is 1.50. The van der Waals surface area contributed by atoms with Crippen LogP contribution in [0.15, 0.2) is 66.7 Å². The highest BCUT2D eigenvalue weighted by molar-refractivity contribution is 6.07. The van der Waals surface area contributed by atoms with Gasteiger partial charge in [-0.2, -0.15) is 0 Å². The van der Waals surface area contributed by atoms with Crippen molar-refractivity contribution in [3.8, 4) is 0 Å². The van der Waals surface area contributed by atoms with Gasteiger partial charge in [-0.15, -0.1) is 0 Å². The van der Waals surface area contributed by atoms with E-state index in [0.717, 1.165) is 16.8 Å². The molecule has 1 unspecified atom stereocenters. The summed E-state index contributed by atoms with van der Waals surface area (Å²) in [6.45, 7) is 2.34. The van der Waals surface area contributed by atoms with Crippen LogP contribution in [0.4, 0.5) is 14.5 Å². The van der Waals surface area contributed by atoms with Crippen molar-refractivity contribution in [2.24, 2.45) is 0 Å². The lowest BCUT2D eigenvalue weighted by Crippen LogP contribution is -2.29. The van der Waals surface area contributed by atoms with E-state index in [0.29, 0.717) is 18.5 Å². The molecule has 0 saturated carbocycles. The number of carbonyl (C=O) groups excluding carboxylic acids is 2. The summed E-state index contributed by atoms with van der Waals surface area (Å²) < 4.78 is 27.1. The normalized spacial score (nSPS) is 13.6. The zero-order valence-electron chi connectivity index (χ0n) is 16.4. The van der Waals surface area contributed by atoms with E-state index in [1.807, 2.05) is 25.1 Å². The zero-order chi connectivity index (χ0) is 21.3. The number of nitrogens with one attached hydrogen (secondary N) is 1. The van der Waals surface area contributed by atoms with Crippen molar-refractivity contribution >= 4 is 17.5 Å². The minimum Gasteiger partial charge on any atom is -0.346 e. The molecular formula is C24H20F2N2O2. The molecule has 30 heavy (non-hydrogen) atoms.